The summed E-state index contributed by atoms with van der Waals surface area (Å²) in [6.07, 6.45) is 4.64. The van der Waals surface area contributed by atoms with E-state index in [0.717, 1.165) is 25.0 Å². The fourth-order valence-electron chi connectivity index (χ4n) is 2.42. The molecule has 0 N–H and O–H groups in total. The van der Waals surface area contributed by atoms with Gasteiger partial charge in [0, 0.05) is 31.5 Å². The predicted molar refractivity (Wildman–Crippen MR) is 72.2 cm³/mol. The Morgan fingerprint density at radius 2 is 2.17 bits per heavy atom. The summed E-state index contributed by atoms with van der Waals surface area (Å²) in [6, 6.07) is 1.76. The van der Waals surface area contributed by atoms with Crippen molar-refractivity contribution >= 4 is 21.6 Å². The van der Waals surface area contributed by atoms with Gasteiger partial charge in [0.2, 0.25) is 10.0 Å². The highest BCUT2D eigenvalue weighted by molar-refractivity contribution is 7.89. The first-order valence-electron chi connectivity index (χ1n) is 6.20. The summed E-state index contributed by atoms with van der Waals surface area (Å²) in [5.41, 5.74) is 0.819. The first kappa shape index (κ1) is 13.9. The molecule has 18 heavy (non-hydrogen) atoms. The van der Waals surface area contributed by atoms with Gasteiger partial charge in [-0.25, -0.2) is 8.42 Å². The number of nitrogens with zero attached hydrogens (tertiary/aromatic N) is 2. The zero-order valence-corrected chi connectivity index (χ0v) is 12.3. The molecule has 0 radical (unpaired) electrons. The van der Waals surface area contributed by atoms with E-state index in [1.54, 1.807) is 21.1 Å². The van der Waals surface area contributed by atoms with Crippen LogP contribution in [0.1, 0.15) is 31.9 Å². The lowest BCUT2D eigenvalue weighted by Crippen LogP contribution is -2.41. The third kappa shape index (κ3) is 2.44. The molecule has 1 aromatic heterocycles. The predicted octanol–water partition coefficient (Wildman–Crippen LogP) is 2.33. The van der Waals surface area contributed by atoms with Crippen LogP contribution >= 0.6 is 11.6 Å². The third-order valence-electron chi connectivity index (χ3n) is 3.57. The molecule has 2 heterocycles. The molecule has 0 spiro atoms. The van der Waals surface area contributed by atoms with Crippen molar-refractivity contribution in [2.45, 2.75) is 43.0 Å². The number of aromatic nitrogens is 1. The maximum atomic E-state index is 12.5. The monoisotopic (exact) mass is 290 g/mol. The molecule has 1 atom stereocenters. The van der Waals surface area contributed by atoms with E-state index in [1.165, 1.54) is 0 Å². The van der Waals surface area contributed by atoms with Gasteiger partial charge in [0.1, 0.15) is 4.90 Å². The standard InChI is InChI=1S/C12H19ClN2O2S/c1-10-5-3-4-6-15(10)18(16,17)12-7-11(8-13)14(2)9-12/h7,9-10H,3-6,8H2,1-2H3. The van der Waals surface area contributed by atoms with Crippen molar-refractivity contribution in [2.75, 3.05) is 6.54 Å². The van der Waals surface area contributed by atoms with E-state index < -0.39 is 10.0 Å². The molecular weight excluding hydrogens is 272 g/mol. The van der Waals surface area contributed by atoms with Crippen LogP contribution in [0.5, 0.6) is 0 Å². The first-order valence-corrected chi connectivity index (χ1v) is 8.17. The van der Waals surface area contributed by atoms with Gasteiger partial charge in [-0.1, -0.05) is 6.42 Å². The van der Waals surface area contributed by atoms with Crippen molar-refractivity contribution < 1.29 is 8.42 Å². The van der Waals surface area contributed by atoms with Crippen LogP contribution in [0.3, 0.4) is 0 Å². The molecule has 0 aliphatic carbocycles. The van der Waals surface area contributed by atoms with E-state index >= 15 is 0 Å². The smallest absolute Gasteiger partial charge is 0.244 e. The molecule has 0 bridgehead atoms. The highest BCUT2D eigenvalue weighted by Crippen LogP contribution is 2.26. The minimum absolute atomic E-state index is 0.0865. The quantitative estimate of drug-likeness (QED) is 0.802. The SMILES string of the molecule is CC1CCCCN1S(=O)(=O)c1cc(CCl)n(C)c1. The number of hydrogen-bond acceptors (Lipinski definition) is 2. The second-order valence-corrected chi connectivity index (χ2v) is 7.03. The Bertz CT molecular complexity index is 524. The highest BCUT2D eigenvalue weighted by Gasteiger charge is 2.31. The van der Waals surface area contributed by atoms with Gasteiger partial charge in [-0.05, 0) is 25.8 Å². The summed E-state index contributed by atoms with van der Waals surface area (Å²) < 4.78 is 28.5. The van der Waals surface area contributed by atoms with Gasteiger partial charge in [0.15, 0.2) is 0 Å². The minimum Gasteiger partial charge on any atom is -0.352 e. The van der Waals surface area contributed by atoms with Crippen LogP contribution in [0.15, 0.2) is 17.2 Å². The van der Waals surface area contributed by atoms with Crippen molar-refractivity contribution in [1.82, 2.24) is 8.87 Å². The lowest BCUT2D eigenvalue weighted by molar-refractivity contribution is 0.268. The fourth-order valence-corrected chi connectivity index (χ4v) is 4.48. The third-order valence-corrected chi connectivity index (χ3v) is 5.82. The number of alkyl halides is 1. The average molecular weight is 291 g/mol. The van der Waals surface area contributed by atoms with Crippen LogP contribution in [0, 0.1) is 0 Å². The van der Waals surface area contributed by atoms with Crippen LogP contribution in [0.4, 0.5) is 0 Å². The van der Waals surface area contributed by atoms with E-state index in [4.69, 9.17) is 11.6 Å². The summed E-state index contributed by atoms with van der Waals surface area (Å²) in [6.45, 7) is 2.59. The van der Waals surface area contributed by atoms with Gasteiger partial charge < -0.3 is 4.57 Å². The molecule has 0 aromatic carbocycles. The average Bonchev–Trinajstić information content (AvgIpc) is 2.71. The van der Waals surface area contributed by atoms with Crippen LogP contribution in [0.2, 0.25) is 0 Å². The minimum atomic E-state index is -3.37. The number of piperidine rings is 1. The molecule has 1 aliphatic rings. The lowest BCUT2D eigenvalue weighted by atomic mass is 10.1. The molecule has 0 amide bonds. The molecular formula is C12H19ClN2O2S. The Hall–Kier alpha value is -0.520. The molecule has 1 aromatic rings. The van der Waals surface area contributed by atoms with Crippen molar-refractivity contribution in [3.05, 3.63) is 18.0 Å². The van der Waals surface area contributed by atoms with Crippen molar-refractivity contribution in [3.8, 4) is 0 Å². The fraction of sp³-hybridized carbons (Fsp3) is 0.667. The summed E-state index contributed by atoms with van der Waals surface area (Å²) in [5, 5.41) is 0. The molecule has 6 heteroatoms. The van der Waals surface area contributed by atoms with E-state index in [0.29, 0.717) is 17.3 Å². The van der Waals surface area contributed by atoms with E-state index in [2.05, 4.69) is 0 Å². The van der Waals surface area contributed by atoms with Crippen LogP contribution in [-0.2, 0) is 23.0 Å². The highest BCUT2D eigenvalue weighted by atomic mass is 35.5. The maximum Gasteiger partial charge on any atom is 0.244 e. The zero-order chi connectivity index (χ0) is 13.3. The van der Waals surface area contributed by atoms with Crippen molar-refractivity contribution in [3.63, 3.8) is 0 Å². The number of aryl methyl sites for hydroxylation is 1. The number of hydrogen-bond donors (Lipinski definition) is 0. The van der Waals surface area contributed by atoms with Crippen LogP contribution in [-0.4, -0.2) is 29.9 Å². The normalized spacial score (nSPS) is 22.3. The summed E-state index contributed by atoms with van der Waals surface area (Å²) in [7, 11) is -1.55. The zero-order valence-electron chi connectivity index (χ0n) is 10.8. The number of halogens is 1. The Labute approximate surface area is 114 Å². The largest absolute Gasteiger partial charge is 0.352 e. The second-order valence-electron chi connectivity index (χ2n) is 4.87. The lowest BCUT2D eigenvalue weighted by Gasteiger charge is -2.31. The Morgan fingerprint density at radius 1 is 1.44 bits per heavy atom. The van der Waals surface area contributed by atoms with Crippen LogP contribution in [0.25, 0.3) is 0 Å². The Balaban J connectivity index is 2.34. The molecule has 4 nitrogen and oxygen atoms in total. The van der Waals surface area contributed by atoms with Gasteiger partial charge in [-0.15, -0.1) is 11.6 Å². The summed E-state index contributed by atoms with van der Waals surface area (Å²) in [4.78, 5) is 0.356. The molecule has 1 fully saturated rings. The molecule has 1 aliphatic heterocycles. The molecule has 2 rings (SSSR count). The van der Waals surface area contributed by atoms with Gasteiger partial charge in [0.05, 0.1) is 5.88 Å². The Kier molecular flexibility index (Phi) is 4.04. The van der Waals surface area contributed by atoms with E-state index in [-0.39, 0.29) is 6.04 Å². The van der Waals surface area contributed by atoms with Crippen molar-refractivity contribution in [2.24, 2.45) is 7.05 Å². The second kappa shape index (κ2) is 5.23. The summed E-state index contributed by atoms with van der Waals surface area (Å²) in [5.74, 6) is 0.321. The van der Waals surface area contributed by atoms with E-state index in [1.807, 2.05) is 14.0 Å². The van der Waals surface area contributed by atoms with Gasteiger partial charge in [0.25, 0.3) is 0 Å². The van der Waals surface area contributed by atoms with Crippen molar-refractivity contribution in [1.29, 1.82) is 0 Å². The molecule has 102 valence electrons. The van der Waals surface area contributed by atoms with E-state index in [9.17, 15) is 8.42 Å². The Morgan fingerprint density at radius 3 is 2.72 bits per heavy atom. The number of rotatable bonds is 3. The van der Waals surface area contributed by atoms with Gasteiger partial charge >= 0.3 is 0 Å². The summed E-state index contributed by atoms with van der Waals surface area (Å²) >= 11 is 5.78. The first-order chi connectivity index (χ1) is 8.46. The number of sulfonamides is 1. The van der Waals surface area contributed by atoms with Gasteiger partial charge in [-0.2, -0.15) is 4.31 Å². The molecule has 1 unspecified atom stereocenters. The molecule has 1 saturated heterocycles. The van der Waals surface area contributed by atoms with Gasteiger partial charge in [-0.3, -0.25) is 0 Å². The van der Waals surface area contributed by atoms with Crippen LogP contribution < -0.4 is 0 Å². The topological polar surface area (TPSA) is 42.3 Å². The maximum absolute atomic E-state index is 12.5. The molecule has 0 saturated carbocycles.